The zero-order chi connectivity index (χ0) is 20.7. The van der Waals surface area contributed by atoms with Crippen molar-refractivity contribution in [1.82, 2.24) is 9.62 Å². The van der Waals surface area contributed by atoms with Crippen molar-refractivity contribution < 1.29 is 17.9 Å². The van der Waals surface area contributed by atoms with Crippen molar-refractivity contribution in [2.45, 2.75) is 0 Å². The maximum atomic E-state index is 12.6. The van der Waals surface area contributed by atoms with Crippen LogP contribution < -0.4 is 15.0 Å². The topological polar surface area (TPSA) is 78.9 Å². The maximum absolute atomic E-state index is 12.6. The molecule has 0 spiro atoms. The monoisotopic (exact) mass is 437 g/mol. The number of halogens is 1. The first-order valence-corrected chi connectivity index (χ1v) is 11.4. The molecule has 1 fully saturated rings. The molecular weight excluding hydrogens is 414 g/mol. The smallest absolute Gasteiger partial charge is 0.257 e. The van der Waals surface area contributed by atoms with Crippen LogP contribution in [0.1, 0.15) is 0 Å². The molecule has 1 saturated heterocycles. The summed E-state index contributed by atoms with van der Waals surface area (Å²) in [7, 11) is -3.44. The molecule has 0 unspecified atom stereocenters. The second-order valence-corrected chi connectivity index (χ2v) is 9.10. The Morgan fingerprint density at radius 1 is 1.00 bits per heavy atom. The van der Waals surface area contributed by atoms with Crippen molar-refractivity contribution in [3.05, 3.63) is 59.6 Å². The average Bonchev–Trinajstić information content (AvgIpc) is 2.73. The zero-order valence-corrected chi connectivity index (χ0v) is 17.5. The number of para-hydroxylation sites is 2. The van der Waals surface area contributed by atoms with Crippen molar-refractivity contribution in [1.29, 1.82) is 0 Å². The van der Waals surface area contributed by atoms with Gasteiger partial charge in [-0.05, 0) is 24.3 Å². The van der Waals surface area contributed by atoms with E-state index in [1.165, 1.54) is 4.31 Å². The Labute approximate surface area is 176 Å². The number of carbonyl (C=O) groups excluding carboxylic acids is 1. The van der Waals surface area contributed by atoms with E-state index in [2.05, 4.69) is 10.2 Å². The fourth-order valence-corrected chi connectivity index (χ4v) is 4.67. The predicted molar refractivity (Wildman–Crippen MR) is 114 cm³/mol. The van der Waals surface area contributed by atoms with E-state index in [-0.39, 0.29) is 24.8 Å². The summed E-state index contributed by atoms with van der Waals surface area (Å²) in [5.74, 6) is 0.0927. The first kappa shape index (κ1) is 21.4. The molecule has 1 amide bonds. The number of ether oxygens (including phenoxy) is 1. The number of nitrogens with zero attached hydrogens (tertiary/aromatic N) is 2. The quantitative estimate of drug-likeness (QED) is 0.683. The minimum absolute atomic E-state index is 0.0457. The van der Waals surface area contributed by atoms with Crippen LogP contribution in [-0.2, 0) is 14.8 Å². The molecule has 1 aliphatic rings. The molecule has 3 rings (SSSR count). The van der Waals surface area contributed by atoms with Crippen LogP contribution in [0.2, 0.25) is 5.02 Å². The molecule has 0 bridgehead atoms. The summed E-state index contributed by atoms with van der Waals surface area (Å²) in [6.07, 6.45) is 0. The molecule has 0 radical (unpaired) electrons. The summed E-state index contributed by atoms with van der Waals surface area (Å²) in [5.41, 5.74) is 0.914. The molecule has 0 aliphatic carbocycles. The van der Waals surface area contributed by atoms with Gasteiger partial charge in [0.1, 0.15) is 5.75 Å². The van der Waals surface area contributed by atoms with Crippen molar-refractivity contribution in [3.63, 3.8) is 0 Å². The van der Waals surface area contributed by atoms with Gasteiger partial charge in [0.25, 0.3) is 5.91 Å². The Morgan fingerprint density at radius 2 is 1.66 bits per heavy atom. The highest BCUT2D eigenvalue weighted by Gasteiger charge is 2.27. The van der Waals surface area contributed by atoms with Crippen LogP contribution in [-0.4, -0.2) is 63.7 Å². The van der Waals surface area contributed by atoms with E-state index in [0.717, 1.165) is 5.69 Å². The van der Waals surface area contributed by atoms with E-state index in [1.54, 1.807) is 12.1 Å². The Hall–Kier alpha value is -2.29. The highest BCUT2D eigenvalue weighted by Crippen LogP contribution is 2.26. The fraction of sp³-hybridized carbons (Fsp3) is 0.350. The van der Waals surface area contributed by atoms with E-state index in [1.807, 2.05) is 42.5 Å². The lowest BCUT2D eigenvalue weighted by atomic mass is 10.2. The van der Waals surface area contributed by atoms with Gasteiger partial charge in [0.2, 0.25) is 10.0 Å². The van der Waals surface area contributed by atoms with Crippen molar-refractivity contribution >= 4 is 33.2 Å². The van der Waals surface area contributed by atoms with E-state index < -0.39 is 10.0 Å². The molecule has 0 aromatic heterocycles. The number of rotatable bonds is 8. The summed E-state index contributed by atoms with van der Waals surface area (Å²) >= 11 is 6.22. The van der Waals surface area contributed by atoms with E-state index in [4.69, 9.17) is 16.3 Å². The Balaban J connectivity index is 1.41. The van der Waals surface area contributed by atoms with Crippen LogP contribution >= 0.6 is 11.6 Å². The molecule has 29 heavy (non-hydrogen) atoms. The number of benzene rings is 2. The third kappa shape index (κ3) is 6.09. The Morgan fingerprint density at radius 3 is 2.34 bits per heavy atom. The van der Waals surface area contributed by atoms with Gasteiger partial charge < -0.3 is 15.0 Å². The number of anilines is 1. The number of sulfonamides is 1. The zero-order valence-electron chi connectivity index (χ0n) is 16.0. The van der Waals surface area contributed by atoms with Crippen molar-refractivity contribution in [2.75, 3.05) is 50.0 Å². The average molecular weight is 438 g/mol. The standard InChI is InChI=1S/C20H24ClN3O4S/c21-18-8-4-5-9-19(18)23-11-13-24(14-12-23)29(26,27)15-10-22-20(25)16-28-17-6-2-1-3-7-17/h1-9H,10-16H2,(H,22,25). The van der Waals surface area contributed by atoms with Gasteiger partial charge in [0.15, 0.2) is 6.61 Å². The van der Waals surface area contributed by atoms with Gasteiger partial charge in [-0.2, -0.15) is 4.31 Å². The molecule has 1 heterocycles. The van der Waals surface area contributed by atoms with Gasteiger partial charge in [-0.1, -0.05) is 41.9 Å². The molecule has 1 N–H and O–H groups in total. The predicted octanol–water partition coefficient (Wildman–Crippen LogP) is 1.99. The number of hydrogen-bond donors (Lipinski definition) is 1. The van der Waals surface area contributed by atoms with Crippen LogP contribution in [0.25, 0.3) is 0 Å². The van der Waals surface area contributed by atoms with E-state index >= 15 is 0 Å². The van der Waals surface area contributed by atoms with Crippen LogP contribution in [0.15, 0.2) is 54.6 Å². The molecule has 156 valence electrons. The first-order chi connectivity index (χ1) is 14.0. The minimum Gasteiger partial charge on any atom is -0.484 e. The number of nitrogens with one attached hydrogen (secondary N) is 1. The largest absolute Gasteiger partial charge is 0.484 e. The Kier molecular flexibility index (Phi) is 7.35. The third-order valence-electron chi connectivity index (χ3n) is 4.62. The number of hydrogen-bond acceptors (Lipinski definition) is 5. The summed E-state index contributed by atoms with van der Waals surface area (Å²) in [6.45, 7) is 1.81. The molecule has 9 heteroatoms. The van der Waals surface area contributed by atoms with Crippen molar-refractivity contribution in [2.24, 2.45) is 0 Å². The number of piperazine rings is 1. The molecule has 0 atom stereocenters. The molecule has 0 saturated carbocycles. The number of carbonyl (C=O) groups is 1. The SMILES string of the molecule is O=C(COc1ccccc1)NCCS(=O)(=O)N1CCN(c2ccccc2Cl)CC1. The van der Waals surface area contributed by atoms with Gasteiger partial charge in [0, 0.05) is 32.7 Å². The lowest BCUT2D eigenvalue weighted by Gasteiger charge is -2.35. The van der Waals surface area contributed by atoms with Crippen LogP contribution in [0.3, 0.4) is 0 Å². The van der Waals surface area contributed by atoms with Gasteiger partial charge in [0.05, 0.1) is 16.5 Å². The summed E-state index contributed by atoms with van der Waals surface area (Å²) in [6, 6.07) is 16.5. The van der Waals surface area contributed by atoms with Gasteiger partial charge in [-0.15, -0.1) is 0 Å². The van der Waals surface area contributed by atoms with Gasteiger partial charge >= 0.3 is 0 Å². The second kappa shape index (κ2) is 9.96. The molecule has 2 aromatic rings. The molecule has 2 aromatic carbocycles. The summed E-state index contributed by atoms with van der Waals surface area (Å²) in [5, 5.41) is 3.25. The molecular formula is C20H24ClN3O4S. The van der Waals surface area contributed by atoms with Gasteiger partial charge in [-0.3, -0.25) is 4.79 Å². The van der Waals surface area contributed by atoms with Gasteiger partial charge in [-0.25, -0.2) is 8.42 Å². The Bertz CT molecular complexity index is 916. The van der Waals surface area contributed by atoms with E-state index in [0.29, 0.717) is 37.0 Å². The third-order valence-corrected chi connectivity index (χ3v) is 6.81. The summed E-state index contributed by atoms with van der Waals surface area (Å²) in [4.78, 5) is 13.9. The number of amides is 1. The van der Waals surface area contributed by atoms with E-state index in [9.17, 15) is 13.2 Å². The normalized spacial score (nSPS) is 15.1. The highest BCUT2D eigenvalue weighted by atomic mass is 35.5. The first-order valence-electron chi connectivity index (χ1n) is 9.37. The molecule has 7 nitrogen and oxygen atoms in total. The van der Waals surface area contributed by atoms with Crippen LogP contribution in [0, 0.1) is 0 Å². The lowest BCUT2D eigenvalue weighted by molar-refractivity contribution is -0.122. The lowest BCUT2D eigenvalue weighted by Crippen LogP contribution is -2.50. The van der Waals surface area contributed by atoms with Crippen molar-refractivity contribution in [3.8, 4) is 5.75 Å². The molecule has 1 aliphatic heterocycles. The van der Waals surface area contributed by atoms with Crippen LogP contribution in [0.4, 0.5) is 5.69 Å². The maximum Gasteiger partial charge on any atom is 0.257 e. The minimum atomic E-state index is -3.44. The highest BCUT2D eigenvalue weighted by molar-refractivity contribution is 7.89. The van der Waals surface area contributed by atoms with Crippen LogP contribution in [0.5, 0.6) is 5.75 Å². The fourth-order valence-electron chi connectivity index (χ4n) is 3.08. The summed E-state index contributed by atoms with van der Waals surface area (Å²) < 4.78 is 31.9. The second-order valence-electron chi connectivity index (χ2n) is 6.61.